The molecule has 1 amide bonds. The lowest BCUT2D eigenvalue weighted by Crippen LogP contribution is -2.23. The van der Waals surface area contributed by atoms with Crippen LogP contribution in [0.25, 0.3) is 0 Å². The summed E-state index contributed by atoms with van der Waals surface area (Å²) < 4.78 is 5.28. The fourth-order valence-electron chi connectivity index (χ4n) is 1.55. The van der Waals surface area contributed by atoms with Gasteiger partial charge in [0.2, 0.25) is 5.91 Å². The summed E-state index contributed by atoms with van der Waals surface area (Å²) in [5.41, 5.74) is 5.76. The molecule has 1 aromatic rings. The summed E-state index contributed by atoms with van der Waals surface area (Å²) in [6.07, 6.45) is -0.315. The van der Waals surface area contributed by atoms with Gasteiger partial charge in [-0.2, -0.15) is 0 Å². The van der Waals surface area contributed by atoms with Crippen LogP contribution in [0.2, 0.25) is 0 Å². The topological polar surface area (TPSA) is 89.6 Å². The SMILES string of the molecule is CCOc1cccc(C(CC(=O)O)C(N)=O)c1. The van der Waals surface area contributed by atoms with Crippen LogP contribution >= 0.6 is 0 Å². The predicted octanol–water partition coefficient (Wildman–Crippen LogP) is 1.13. The fraction of sp³-hybridized carbons (Fsp3) is 0.333. The molecule has 0 heterocycles. The lowest BCUT2D eigenvalue weighted by atomic mass is 9.95. The number of rotatable bonds is 6. The molecule has 1 atom stereocenters. The molecule has 1 rings (SSSR count). The molecule has 17 heavy (non-hydrogen) atoms. The molecule has 0 aliphatic carbocycles. The molecular weight excluding hydrogens is 222 g/mol. The average molecular weight is 237 g/mol. The van der Waals surface area contributed by atoms with Crippen molar-refractivity contribution < 1.29 is 19.4 Å². The standard InChI is InChI=1S/C12H15NO4/c1-2-17-9-5-3-4-8(6-9)10(12(13)16)7-11(14)15/h3-6,10H,2,7H2,1H3,(H2,13,16)(H,14,15). The molecule has 0 aliphatic rings. The van der Waals surface area contributed by atoms with Gasteiger partial charge >= 0.3 is 5.97 Å². The summed E-state index contributed by atoms with van der Waals surface area (Å²) in [6.45, 7) is 2.35. The van der Waals surface area contributed by atoms with E-state index >= 15 is 0 Å². The van der Waals surface area contributed by atoms with Crippen molar-refractivity contribution in [3.05, 3.63) is 29.8 Å². The zero-order valence-electron chi connectivity index (χ0n) is 9.55. The minimum Gasteiger partial charge on any atom is -0.494 e. The van der Waals surface area contributed by atoms with Crippen LogP contribution in [0.15, 0.2) is 24.3 Å². The maximum Gasteiger partial charge on any atom is 0.304 e. The average Bonchev–Trinajstić information content (AvgIpc) is 2.26. The van der Waals surface area contributed by atoms with Crippen LogP contribution in [0.5, 0.6) is 5.75 Å². The van der Waals surface area contributed by atoms with Gasteiger partial charge in [0.25, 0.3) is 0 Å². The van der Waals surface area contributed by atoms with E-state index in [0.717, 1.165) is 0 Å². The lowest BCUT2D eigenvalue weighted by Gasteiger charge is -2.12. The highest BCUT2D eigenvalue weighted by Crippen LogP contribution is 2.23. The van der Waals surface area contributed by atoms with Crippen LogP contribution in [0.1, 0.15) is 24.8 Å². The zero-order chi connectivity index (χ0) is 12.8. The summed E-state index contributed by atoms with van der Waals surface area (Å²) in [7, 11) is 0. The molecule has 5 nitrogen and oxygen atoms in total. The maximum absolute atomic E-state index is 11.2. The molecule has 0 aromatic heterocycles. The fourth-order valence-corrected chi connectivity index (χ4v) is 1.55. The van der Waals surface area contributed by atoms with Gasteiger partial charge < -0.3 is 15.6 Å². The van der Waals surface area contributed by atoms with Gasteiger partial charge in [0.1, 0.15) is 5.75 Å². The zero-order valence-corrected chi connectivity index (χ0v) is 9.55. The first-order valence-electron chi connectivity index (χ1n) is 5.28. The van der Waals surface area contributed by atoms with Crippen LogP contribution in [-0.4, -0.2) is 23.6 Å². The number of amides is 1. The van der Waals surface area contributed by atoms with Crippen molar-refractivity contribution in [2.45, 2.75) is 19.3 Å². The number of carbonyl (C=O) groups excluding carboxylic acids is 1. The van der Waals surface area contributed by atoms with E-state index in [9.17, 15) is 9.59 Å². The van der Waals surface area contributed by atoms with Gasteiger partial charge in [-0.15, -0.1) is 0 Å². The summed E-state index contributed by atoms with van der Waals surface area (Å²) in [5.74, 6) is -1.94. The monoisotopic (exact) mass is 237 g/mol. The Hall–Kier alpha value is -2.04. The molecule has 92 valence electrons. The van der Waals surface area contributed by atoms with Gasteiger partial charge in [0.05, 0.1) is 18.9 Å². The minimum atomic E-state index is -1.06. The van der Waals surface area contributed by atoms with Crippen molar-refractivity contribution in [1.29, 1.82) is 0 Å². The molecule has 0 spiro atoms. The van der Waals surface area contributed by atoms with Crippen molar-refractivity contribution >= 4 is 11.9 Å². The first kappa shape index (κ1) is 13.0. The first-order chi connectivity index (χ1) is 8.04. The Morgan fingerprint density at radius 1 is 1.47 bits per heavy atom. The van der Waals surface area contributed by atoms with E-state index in [1.165, 1.54) is 0 Å². The van der Waals surface area contributed by atoms with Crippen LogP contribution < -0.4 is 10.5 Å². The van der Waals surface area contributed by atoms with E-state index in [4.69, 9.17) is 15.6 Å². The molecule has 0 radical (unpaired) electrons. The summed E-state index contributed by atoms with van der Waals surface area (Å²) >= 11 is 0. The van der Waals surface area contributed by atoms with E-state index in [2.05, 4.69) is 0 Å². The molecule has 3 N–H and O–H groups in total. The van der Waals surface area contributed by atoms with Crippen molar-refractivity contribution in [2.24, 2.45) is 5.73 Å². The van der Waals surface area contributed by atoms with Gasteiger partial charge in [-0.05, 0) is 24.6 Å². The van der Waals surface area contributed by atoms with E-state index in [1.54, 1.807) is 24.3 Å². The second-order valence-corrected chi connectivity index (χ2v) is 3.56. The quantitative estimate of drug-likeness (QED) is 0.776. The number of ether oxygens (including phenoxy) is 1. The molecule has 1 unspecified atom stereocenters. The Labute approximate surface area is 99.2 Å². The minimum absolute atomic E-state index is 0.315. The van der Waals surface area contributed by atoms with Gasteiger partial charge in [0.15, 0.2) is 0 Å². The smallest absolute Gasteiger partial charge is 0.304 e. The van der Waals surface area contributed by atoms with Crippen LogP contribution in [0.3, 0.4) is 0 Å². The van der Waals surface area contributed by atoms with Crippen LogP contribution in [0, 0.1) is 0 Å². The van der Waals surface area contributed by atoms with E-state index in [1.807, 2.05) is 6.92 Å². The van der Waals surface area contributed by atoms with E-state index in [-0.39, 0.29) is 6.42 Å². The Balaban J connectivity index is 2.97. The molecule has 5 heteroatoms. The molecule has 0 saturated carbocycles. The van der Waals surface area contributed by atoms with Crippen molar-refractivity contribution in [3.63, 3.8) is 0 Å². The van der Waals surface area contributed by atoms with Crippen molar-refractivity contribution in [2.75, 3.05) is 6.61 Å². The third kappa shape index (κ3) is 3.79. The first-order valence-corrected chi connectivity index (χ1v) is 5.28. The third-order valence-corrected chi connectivity index (χ3v) is 2.29. The Morgan fingerprint density at radius 2 is 2.18 bits per heavy atom. The molecular formula is C12H15NO4. The predicted molar refractivity (Wildman–Crippen MR) is 61.8 cm³/mol. The normalized spacial score (nSPS) is 11.8. The van der Waals surface area contributed by atoms with E-state index in [0.29, 0.717) is 17.9 Å². The number of carboxylic acid groups (broad SMARTS) is 1. The second-order valence-electron chi connectivity index (χ2n) is 3.56. The number of hydrogen-bond acceptors (Lipinski definition) is 3. The number of nitrogens with two attached hydrogens (primary N) is 1. The molecule has 1 aromatic carbocycles. The second kappa shape index (κ2) is 5.89. The Morgan fingerprint density at radius 3 is 2.71 bits per heavy atom. The summed E-state index contributed by atoms with van der Waals surface area (Å²) in [4.78, 5) is 21.9. The van der Waals surface area contributed by atoms with Gasteiger partial charge in [-0.3, -0.25) is 9.59 Å². The van der Waals surface area contributed by atoms with Gasteiger partial charge in [0, 0.05) is 0 Å². The summed E-state index contributed by atoms with van der Waals surface area (Å²) in [5, 5.41) is 8.73. The Kier molecular flexibility index (Phi) is 4.51. The maximum atomic E-state index is 11.2. The molecule has 0 aliphatic heterocycles. The third-order valence-electron chi connectivity index (χ3n) is 2.29. The van der Waals surface area contributed by atoms with Gasteiger partial charge in [-0.1, -0.05) is 12.1 Å². The number of aliphatic carboxylic acids is 1. The highest BCUT2D eigenvalue weighted by molar-refractivity contribution is 5.86. The Bertz CT molecular complexity index is 417. The lowest BCUT2D eigenvalue weighted by molar-refractivity contribution is -0.139. The van der Waals surface area contributed by atoms with E-state index < -0.39 is 17.8 Å². The van der Waals surface area contributed by atoms with Crippen LogP contribution in [-0.2, 0) is 9.59 Å². The number of primary amides is 1. The number of carbonyl (C=O) groups is 2. The van der Waals surface area contributed by atoms with Crippen molar-refractivity contribution in [3.8, 4) is 5.75 Å². The molecule has 0 saturated heterocycles. The summed E-state index contributed by atoms with van der Waals surface area (Å²) in [6, 6.07) is 6.76. The number of benzene rings is 1. The largest absolute Gasteiger partial charge is 0.494 e. The van der Waals surface area contributed by atoms with Crippen molar-refractivity contribution in [1.82, 2.24) is 0 Å². The number of hydrogen-bond donors (Lipinski definition) is 2. The highest BCUT2D eigenvalue weighted by atomic mass is 16.5. The van der Waals surface area contributed by atoms with Crippen LogP contribution in [0.4, 0.5) is 0 Å². The highest BCUT2D eigenvalue weighted by Gasteiger charge is 2.21. The van der Waals surface area contributed by atoms with Gasteiger partial charge in [-0.25, -0.2) is 0 Å². The molecule has 0 bridgehead atoms. The molecule has 0 fully saturated rings. The number of carboxylic acids is 1.